The summed E-state index contributed by atoms with van der Waals surface area (Å²) in [6, 6.07) is 7.99. The highest BCUT2D eigenvalue weighted by atomic mass is 127. The first-order valence-corrected chi connectivity index (χ1v) is 9.97. The average Bonchev–Trinajstić information content (AvgIpc) is 2.64. The van der Waals surface area contributed by atoms with E-state index in [1.54, 1.807) is 14.2 Å². The van der Waals surface area contributed by atoms with Crippen molar-refractivity contribution in [1.82, 2.24) is 5.32 Å². The minimum Gasteiger partial charge on any atom is -0.493 e. The van der Waals surface area contributed by atoms with Gasteiger partial charge in [0.05, 0.1) is 6.61 Å². The van der Waals surface area contributed by atoms with Gasteiger partial charge in [0.25, 0.3) is 0 Å². The number of nitrogens with zero attached hydrogens (tertiary/aromatic N) is 1. The van der Waals surface area contributed by atoms with Crippen molar-refractivity contribution in [2.24, 2.45) is 10.4 Å². The fourth-order valence-electron chi connectivity index (χ4n) is 3.23. The Bertz CT molecular complexity index is 580. The van der Waals surface area contributed by atoms with E-state index in [4.69, 9.17) is 19.2 Å². The van der Waals surface area contributed by atoms with Crippen LogP contribution >= 0.6 is 24.0 Å². The molecule has 160 valence electrons. The number of aliphatic imine (C=N–C) groups is 1. The third-order valence-electron chi connectivity index (χ3n) is 5.03. The van der Waals surface area contributed by atoms with E-state index in [1.165, 1.54) is 19.3 Å². The molecule has 0 saturated heterocycles. The van der Waals surface area contributed by atoms with Crippen LogP contribution in [0.1, 0.15) is 39.0 Å². The van der Waals surface area contributed by atoms with Gasteiger partial charge in [0.1, 0.15) is 5.75 Å². The lowest BCUT2D eigenvalue weighted by molar-refractivity contribution is 0.0779. The summed E-state index contributed by atoms with van der Waals surface area (Å²) in [6.07, 6.45) is 5.73. The summed E-state index contributed by atoms with van der Waals surface area (Å²) in [7, 11) is 3.47. The predicted octanol–water partition coefficient (Wildman–Crippen LogP) is 4.30. The van der Waals surface area contributed by atoms with Crippen molar-refractivity contribution >= 4 is 35.6 Å². The molecular formula is C21H36IN3O3. The molecule has 0 unspecified atom stereocenters. The van der Waals surface area contributed by atoms with E-state index in [0.717, 1.165) is 49.9 Å². The molecule has 28 heavy (non-hydrogen) atoms. The Kier molecular flexibility index (Phi) is 12.5. The zero-order chi connectivity index (χ0) is 19.4. The van der Waals surface area contributed by atoms with Crippen LogP contribution in [-0.4, -0.2) is 53.1 Å². The Morgan fingerprint density at radius 2 is 1.93 bits per heavy atom. The molecule has 0 aliphatic heterocycles. The van der Waals surface area contributed by atoms with E-state index in [-0.39, 0.29) is 24.0 Å². The zero-order valence-corrected chi connectivity index (χ0v) is 19.8. The van der Waals surface area contributed by atoms with Gasteiger partial charge in [-0.05, 0) is 43.7 Å². The number of anilines is 1. The first-order chi connectivity index (χ1) is 13.2. The number of benzene rings is 1. The lowest BCUT2D eigenvalue weighted by Gasteiger charge is -2.40. The molecule has 1 aromatic carbocycles. The Labute approximate surface area is 186 Å². The maximum atomic E-state index is 5.78. The molecule has 0 aromatic heterocycles. The third kappa shape index (κ3) is 8.53. The number of rotatable bonds is 12. The second kappa shape index (κ2) is 14.0. The second-order valence-corrected chi connectivity index (χ2v) is 7.14. The molecule has 2 N–H and O–H groups in total. The highest BCUT2D eigenvalue weighted by Gasteiger charge is 2.36. The highest BCUT2D eigenvalue weighted by molar-refractivity contribution is 14.0. The van der Waals surface area contributed by atoms with Gasteiger partial charge >= 0.3 is 0 Å². The van der Waals surface area contributed by atoms with Crippen LogP contribution in [0.25, 0.3) is 0 Å². The van der Waals surface area contributed by atoms with E-state index in [0.29, 0.717) is 18.6 Å². The number of nitrogens with one attached hydrogen (secondary N) is 2. The van der Waals surface area contributed by atoms with E-state index in [2.05, 4.69) is 17.6 Å². The number of methoxy groups -OCH3 is 2. The summed E-state index contributed by atoms with van der Waals surface area (Å²) in [5.74, 6) is 1.67. The molecule has 0 bridgehead atoms. The van der Waals surface area contributed by atoms with Crippen molar-refractivity contribution < 1.29 is 14.2 Å². The molecule has 0 atom stereocenters. The maximum absolute atomic E-state index is 5.78. The van der Waals surface area contributed by atoms with Crippen LogP contribution in [0, 0.1) is 5.41 Å². The second-order valence-electron chi connectivity index (χ2n) is 7.14. The van der Waals surface area contributed by atoms with Gasteiger partial charge in [0.2, 0.25) is 0 Å². The van der Waals surface area contributed by atoms with Crippen LogP contribution in [0.5, 0.6) is 5.75 Å². The van der Waals surface area contributed by atoms with E-state index in [1.807, 2.05) is 24.3 Å². The molecule has 6 nitrogen and oxygen atoms in total. The van der Waals surface area contributed by atoms with Crippen LogP contribution in [0.2, 0.25) is 0 Å². The Hall–Kier alpha value is -1.06. The lowest BCUT2D eigenvalue weighted by atomic mass is 9.67. The van der Waals surface area contributed by atoms with Crippen LogP contribution in [-0.2, 0) is 9.47 Å². The SMILES string of the molecule is CCNC(=NCC1(CCOC)CCC1)Nc1cccc(OCCCOC)c1.I. The molecule has 1 aliphatic carbocycles. The average molecular weight is 505 g/mol. The fraction of sp³-hybridized carbons (Fsp3) is 0.667. The number of hydrogen-bond acceptors (Lipinski definition) is 4. The van der Waals surface area contributed by atoms with Crippen molar-refractivity contribution in [2.45, 2.75) is 39.0 Å². The predicted molar refractivity (Wildman–Crippen MR) is 126 cm³/mol. The first-order valence-electron chi connectivity index (χ1n) is 9.97. The van der Waals surface area contributed by atoms with Crippen LogP contribution in [0.4, 0.5) is 5.69 Å². The van der Waals surface area contributed by atoms with Crippen molar-refractivity contribution in [3.8, 4) is 5.75 Å². The quantitative estimate of drug-likeness (QED) is 0.192. The molecule has 0 spiro atoms. The lowest BCUT2D eigenvalue weighted by Crippen LogP contribution is -2.37. The highest BCUT2D eigenvalue weighted by Crippen LogP contribution is 2.44. The van der Waals surface area contributed by atoms with Gasteiger partial charge in [-0.1, -0.05) is 12.5 Å². The van der Waals surface area contributed by atoms with Gasteiger partial charge in [0.15, 0.2) is 5.96 Å². The van der Waals surface area contributed by atoms with E-state index < -0.39 is 0 Å². The number of hydrogen-bond donors (Lipinski definition) is 2. The summed E-state index contributed by atoms with van der Waals surface area (Å²) in [5.41, 5.74) is 1.28. The monoisotopic (exact) mass is 505 g/mol. The fourth-order valence-corrected chi connectivity index (χ4v) is 3.23. The largest absolute Gasteiger partial charge is 0.493 e. The molecule has 1 fully saturated rings. The van der Waals surface area contributed by atoms with Gasteiger partial charge in [-0.2, -0.15) is 0 Å². The molecule has 7 heteroatoms. The summed E-state index contributed by atoms with van der Waals surface area (Å²) < 4.78 is 16.1. The number of ether oxygens (including phenoxy) is 3. The van der Waals surface area contributed by atoms with Crippen molar-refractivity contribution in [2.75, 3.05) is 52.4 Å². The van der Waals surface area contributed by atoms with Crippen LogP contribution in [0.15, 0.2) is 29.3 Å². The molecule has 0 amide bonds. The normalized spacial score (nSPS) is 15.3. The molecule has 1 saturated carbocycles. The molecule has 2 rings (SSSR count). The summed E-state index contributed by atoms with van der Waals surface area (Å²) in [5, 5.41) is 6.74. The minimum atomic E-state index is 0. The molecule has 1 aliphatic rings. The summed E-state index contributed by atoms with van der Waals surface area (Å²) in [6.45, 7) is 5.90. The Morgan fingerprint density at radius 3 is 2.57 bits per heavy atom. The Morgan fingerprint density at radius 1 is 1.14 bits per heavy atom. The number of guanidine groups is 1. The van der Waals surface area contributed by atoms with Gasteiger partial charge in [0, 0.05) is 58.7 Å². The van der Waals surface area contributed by atoms with Crippen molar-refractivity contribution in [1.29, 1.82) is 0 Å². The van der Waals surface area contributed by atoms with Gasteiger partial charge in [-0.15, -0.1) is 24.0 Å². The van der Waals surface area contributed by atoms with Gasteiger partial charge in [-0.25, -0.2) is 0 Å². The standard InChI is InChI=1S/C21H35N3O3.HI/c1-4-22-20(23-17-21(10-6-11-21)12-15-26-3)24-18-8-5-9-19(16-18)27-14-7-13-25-2;/h5,8-9,16H,4,6-7,10-15,17H2,1-3H3,(H2,22,23,24);1H. The third-order valence-corrected chi connectivity index (χ3v) is 5.03. The van der Waals surface area contributed by atoms with Crippen molar-refractivity contribution in [3.63, 3.8) is 0 Å². The summed E-state index contributed by atoms with van der Waals surface area (Å²) in [4.78, 5) is 4.85. The smallest absolute Gasteiger partial charge is 0.195 e. The number of halogens is 1. The maximum Gasteiger partial charge on any atom is 0.195 e. The minimum absolute atomic E-state index is 0. The van der Waals surface area contributed by atoms with Crippen LogP contribution in [0.3, 0.4) is 0 Å². The van der Waals surface area contributed by atoms with E-state index in [9.17, 15) is 0 Å². The zero-order valence-electron chi connectivity index (χ0n) is 17.5. The van der Waals surface area contributed by atoms with Crippen LogP contribution < -0.4 is 15.4 Å². The topological polar surface area (TPSA) is 64.1 Å². The molecule has 0 radical (unpaired) electrons. The Balaban J connectivity index is 0.00000392. The molecule has 1 aromatic rings. The van der Waals surface area contributed by atoms with E-state index >= 15 is 0 Å². The van der Waals surface area contributed by atoms with Gasteiger partial charge in [-0.3, -0.25) is 4.99 Å². The van der Waals surface area contributed by atoms with Gasteiger partial charge < -0.3 is 24.8 Å². The molecular weight excluding hydrogens is 469 g/mol. The van der Waals surface area contributed by atoms with Crippen molar-refractivity contribution in [3.05, 3.63) is 24.3 Å². The first kappa shape index (κ1) is 25.0. The molecule has 0 heterocycles. The summed E-state index contributed by atoms with van der Waals surface area (Å²) >= 11 is 0.